The molecule has 2 rings (SSSR count). The molecule has 0 unspecified atom stereocenters. The van der Waals surface area contributed by atoms with E-state index in [1.165, 1.54) is 19.6 Å². The summed E-state index contributed by atoms with van der Waals surface area (Å²) in [4.78, 5) is 24.3. The topological polar surface area (TPSA) is 73.9 Å². The van der Waals surface area contributed by atoms with E-state index >= 15 is 0 Å². The highest BCUT2D eigenvalue weighted by Gasteiger charge is 2.19. The van der Waals surface area contributed by atoms with E-state index < -0.39 is 18.0 Å². The van der Waals surface area contributed by atoms with Crippen molar-refractivity contribution in [1.29, 1.82) is 0 Å². The molecule has 6 nitrogen and oxygen atoms in total. The number of esters is 1. The molecule has 1 amide bonds. The zero-order valence-electron chi connectivity index (χ0n) is 17.7. The Kier molecular flexibility index (Phi) is 7.65. The lowest BCUT2D eigenvalue weighted by molar-refractivity contribution is -0.153. The van der Waals surface area contributed by atoms with E-state index in [1.807, 2.05) is 24.3 Å². The molecule has 2 aromatic rings. The Morgan fingerprint density at radius 3 is 2.31 bits per heavy atom. The van der Waals surface area contributed by atoms with Gasteiger partial charge in [-0.3, -0.25) is 9.59 Å². The molecule has 1 atom stereocenters. The van der Waals surface area contributed by atoms with Gasteiger partial charge in [-0.15, -0.1) is 0 Å². The van der Waals surface area contributed by atoms with E-state index in [2.05, 4.69) is 26.1 Å². The summed E-state index contributed by atoms with van der Waals surface area (Å²) in [7, 11) is 1.52. The molecule has 0 bridgehead atoms. The normalized spacial score (nSPS) is 12.0. The van der Waals surface area contributed by atoms with Crippen LogP contribution in [-0.2, 0) is 19.7 Å². The smallest absolute Gasteiger partial charge is 0.310 e. The largest absolute Gasteiger partial charge is 0.495 e. The zero-order chi connectivity index (χ0) is 21.4. The molecular weight excluding hydrogens is 370 g/mol. The maximum absolute atomic E-state index is 12.2. The third-order valence-electron chi connectivity index (χ3n) is 4.34. The Morgan fingerprint density at radius 2 is 1.69 bits per heavy atom. The monoisotopic (exact) mass is 399 g/mol. The van der Waals surface area contributed by atoms with Crippen molar-refractivity contribution < 1.29 is 23.8 Å². The fourth-order valence-corrected chi connectivity index (χ4v) is 2.60. The van der Waals surface area contributed by atoms with Gasteiger partial charge in [-0.2, -0.15) is 0 Å². The van der Waals surface area contributed by atoms with E-state index in [9.17, 15) is 9.59 Å². The summed E-state index contributed by atoms with van der Waals surface area (Å²) in [6, 6.07) is 14.8. The third kappa shape index (κ3) is 6.82. The van der Waals surface area contributed by atoms with Gasteiger partial charge >= 0.3 is 5.97 Å². The van der Waals surface area contributed by atoms with E-state index in [1.54, 1.807) is 24.3 Å². The van der Waals surface area contributed by atoms with Gasteiger partial charge in [-0.05, 0) is 42.2 Å². The second kappa shape index (κ2) is 9.96. The Labute approximate surface area is 172 Å². The average molecular weight is 399 g/mol. The maximum atomic E-state index is 12.2. The lowest BCUT2D eigenvalue weighted by Gasteiger charge is -2.19. The molecule has 156 valence electrons. The van der Waals surface area contributed by atoms with Gasteiger partial charge in [0.25, 0.3) is 5.91 Å². The highest BCUT2D eigenvalue weighted by Crippen LogP contribution is 2.25. The third-order valence-corrected chi connectivity index (χ3v) is 4.34. The first-order valence-corrected chi connectivity index (χ1v) is 9.57. The number of ether oxygens (including phenoxy) is 3. The first kappa shape index (κ1) is 22.3. The molecule has 6 heteroatoms. The minimum atomic E-state index is -0.932. The molecule has 0 heterocycles. The first-order chi connectivity index (χ1) is 13.7. The van der Waals surface area contributed by atoms with E-state index in [0.29, 0.717) is 17.2 Å². The number of amides is 1. The number of hydrogen-bond donors (Lipinski definition) is 1. The van der Waals surface area contributed by atoms with Gasteiger partial charge in [0, 0.05) is 0 Å². The second-order valence-corrected chi connectivity index (χ2v) is 7.69. The van der Waals surface area contributed by atoms with Crippen LogP contribution in [0.2, 0.25) is 0 Å². The number of benzene rings is 2. The van der Waals surface area contributed by atoms with Gasteiger partial charge in [0.15, 0.2) is 6.10 Å². The van der Waals surface area contributed by atoms with Crippen molar-refractivity contribution in [2.45, 2.75) is 45.6 Å². The molecule has 1 N–H and O–H groups in total. The van der Waals surface area contributed by atoms with Crippen LogP contribution in [0.1, 0.15) is 39.7 Å². The van der Waals surface area contributed by atoms with Crippen LogP contribution in [0.5, 0.6) is 11.5 Å². The lowest BCUT2D eigenvalue weighted by Crippen LogP contribution is -2.30. The minimum Gasteiger partial charge on any atom is -0.495 e. The molecular formula is C23H29NO5. The first-order valence-electron chi connectivity index (χ1n) is 9.57. The second-order valence-electron chi connectivity index (χ2n) is 7.69. The van der Waals surface area contributed by atoms with Gasteiger partial charge in [0.05, 0.1) is 25.8 Å². The Balaban J connectivity index is 1.77. The van der Waals surface area contributed by atoms with Crippen molar-refractivity contribution in [2.75, 3.05) is 19.0 Å². The number of anilines is 1. The quantitative estimate of drug-likeness (QED) is 0.669. The van der Waals surface area contributed by atoms with Gasteiger partial charge in [0.1, 0.15) is 11.5 Å². The van der Waals surface area contributed by atoms with Crippen LogP contribution in [0.3, 0.4) is 0 Å². The van der Waals surface area contributed by atoms with Crippen LogP contribution < -0.4 is 14.8 Å². The number of nitrogens with one attached hydrogen (secondary N) is 1. The Hall–Kier alpha value is -3.02. The van der Waals surface area contributed by atoms with Crippen LogP contribution in [-0.4, -0.2) is 31.7 Å². The highest BCUT2D eigenvalue weighted by atomic mass is 16.5. The van der Waals surface area contributed by atoms with Crippen molar-refractivity contribution in [3.63, 3.8) is 0 Å². The molecule has 0 fully saturated rings. The zero-order valence-corrected chi connectivity index (χ0v) is 17.7. The molecule has 29 heavy (non-hydrogen) atoms. The standard InChI is InChI=1S/C23H29NO5/c1-16(22(26)24-19-8-6-7-9-20(19)27-5)29-21(25)14-15-28-18-12-10-17(11-13-18)23(2,3)4/h6-13,16H,14-15H2,1-5H3,(H,24,26)/t16-/m1/s1. The van der Waals surface area contributed by atoms with Gasteiger partial charge < -0.3 is 19.5 Å². The fourth-order valence-electron chi connectivity index (χ4n) is 2.60. The van der Waals surface area contributed by atoms with Crippen molar-refractivity contribution >= 4 is 17.6 Å². The molecule has 2 aromatic carbocycles. The molecule has 0 aliphatic rings. The van der Waals surface area contributed by atoms with Crippen LogP contribution >= 0.6 is 0 Å². The Bertz CT molecular complexity index is 824. The number of hydrogen-bond acceptors (Lipinski definition) is 5. The molecule has 0 aliphatic carbocycles. The van der Waals surface area contributed by atoms with E-state index in [-0.39, 0.29) is 18.4 Å². The number of rotatable bonds is 8. The number of carbonyl (C=O) groups is 2. The van der Waals surface area contributed by atoms with Crippen molar-refractivity contribution in [2.24, 2.45) is 0 Å². The summed E-state index contributed by atoms with van der Waals surface area (Å²) >= 11 is 0. The van der Waals surface area contributed by atoms with Gasteiger partial charge in [-0.25, -0.2) is 0 Å². The predicted molar refractivity (Wildman–Crippen MR) is 112 cm³/mol. The number of carbonyl (C=O) groups excluding carboxylic acids is 2. The van der Waals surface area contributed by atoms with Gasteiger partial charge in [0.2, 0.25) is 0 Å². The average Bonchev–Trinajstić information content (AvgIpc) is 2.68. The molecule has 0 spiro atoms. The molecule has 0 saturated carbocycles. The number of para-hydroxylation sites is 2. The Morgan fingerprint density at radius 1 is 1.03 bits per heavy atom. The van der Waals surface area contributed by atoms with Crippen LogP contribution in [0.15, 0.2) is 48.5 Å². The van der Waals surface area contributed by atoms with Crippen LogP contribution in [0.4, 0.5) is 5.69 Å². The van der Waals surface area contributed by atoms with Crippen molar-refractivity contribution in [3.8, 4) is 11.5 Å². The molecule has 0 radical (unpaired) electrons. The SMILES string of the molecule is COc1ccccc1NC(=O)[C@@H](C)OC(=O)CCOc1ccc(C(C)(C)C)cc1. The lowest BCUT2D eigenvalue weighted by atomic mass is 9.87. The van der Waals surface area contributed by atoms with E-state index in [0.717, 1.165) is 0 Å². The fraction of sp³-hybridized carbons (Fsp3) is 0.391. The predicted octanol–water partition coefficient (Wildman–Crippen LogP) is 4.33. The van der Waals surface area contributed by atoms with Crippen LogP contribution in [0, 0.1) is 0 Å². The summed E-state index contributed by atoms with van der Waals surface area (Å²) in [5.74, 6) is 0.290. The summed E-state index contributed by atoms with van der Waals surface area (Å²) in [6.45, 7) is 8.13. The summed E-state index contributed by atoms with van der Waals surface area (Å²) < 4.78 is 16.0. The van der Waals surface area contributed by atoms with E-state index in [4.69, 9.17) is 14.2 Å². The van der Waals surface area contributed by atoms with Gasteiger partial charge in [-0.1, -0.05) is 45.0 Å². The van der Waals surface area contributed by atoms with Crippen molar-refractivity contribution in [1.82, 2.24) is 0 Å². The highest BCUT2D eigenvalue weighted by molar-refractivity contribution is 5.96. The maximum Gasteiger partial charge on any atom is 0.310 e. The summed E-state index contributed by atoms with van der Waals surface area (Å²) in [5, 5.41) is 2.69. The summed E-state index contributed by atoms with van der Waals surface area (Å²) in [6.07, 6.45) is -0.883. The molecule has 0 saturated heterocycles. The van der Waals surface area contributed by atoms with Crippen molar-refractivity contribution in [3.05, 3.63) is 54.1 Å². The minimum absolute atomic E-state index is 0.0489. The number of methoxy groups -OCH3 is 1. The summed E-state index contributed by atoms with van der Waals surface area (Å²) in [5.41, 5.74) is 1.80. The molecule has 0 aromatic heterocycles. The molecule has 0 aliphatic heterocycles. The van der Waals surface area contributed by atoms with Crippen LogP contribution in [0.25, 0.3) is 0 Å².